The van der Waals surface area contributed by atoms with E-state index in [9.17, 15) is 4.79 Å². The van der Waals surface area contributed by atoms with Gasteiger partial charge in [0.15, 0.2) is 0 Å². The average molecular weight is 364 g/mol. The number of nitrogens with zero attached hydrogens (tertiary/aromatic N) is 1. The van der Waals surface area contributed by atoms with Crippen LogP contribution in [0, 0.1) is 12.8 Å². The van der Waals surface area contributed by atoms with Crippen molar-refractivity contribution < 1.29 is 14.3 Å². The molecule has 1 aromatic rings. The second-order valence-corrected chi connectivity index (χ2v) is 6.35. The number of allylic oxidation sites excluding steroid dienone is 2. The Balaban J connectivity index is 2.47. The van der Waals surface area contributed by atoms with Crippen LogP contribution in [0.25, 0.3) is 0 Å². The molecule has 0 aliphatic heterocycles. The number of rotatable bonds is 12. The zero-order chi connectivity index (χ0) is 19.4. The van der Waals surface area contributed by atoms with Crippen molar-refractivity contribution in [2.45, 2.75) is 34.1 Å². The van der Waals surface area contributed by atoms with Crippen molar-refractivity contribution in [2.24, 2.45) is 11.7 Å². The van der Waals surface area contributed by atoms with E-state index in [-0.39, 0.29) is 11.8 Å². The van der Waals surface area contributed by atoms with E-state index in [1.54, 1.807) is 0 Å². The minimum absolute atomic E-state index is 0.0813. The van der Waals surface area contributed by atoms with Crippen molar-refractivity contribution >= 4 is 11.7 Å². The van der Waals surface area contributed by atoms with Gasteiger partial charge in [-0.1, -0.05) is 19.9 Å². The highest BCUT2D eigenvalue weighted by Gasteiger charge is 2.11. The fourth-order valence-electron chi connectivity index (χ4n) is 2.26. The Kier molecular flexibility index (Phi) is 10.5. The van der Waals surface area contributed by atoms with E-state index in [1.807, 2.05) is 32.2 Å². The first-order valence-electron chi connectivity index (χ1n) is 9.00. The summed E-state index contributed by atoms with van der Waals surface area (Å²) in [6.07, 6.45) is 2.10. The number of hydrogen-bond acceptors (Lipinski definition) is 6. The second-order valence-electron chi connectivity index (χ2n) is 6.35. The molecule has 0 saturated carbocycles. The molecule has 0 bridgehead atoms. The maximum atomic E-state index is 12.1. The van der Waals surface area contributed by atoms with Crippen molar-refractivity contribution in [2.75, 3.05) is 38.3 Å². The number of ether oxygens (including phenoxy) is 2. The number of nitrogens with two attached hydrogens (primary N) is 1. The van der Waals surface area contributed by atoms with Gasteiger partial charge in [0.05, 0.1) is 32.8 Å². The zero-order valence-corrected chi connectivity index (χ0v) is 16.3. The van der Waals surface area contributed by atoms with Crippen molar-refractivity contribution in [3.05, 3.63) is 35.3 Å². The van der Waals surface area contributed by atoms with Crippen LogP contribution in [0.15, 0.2) is 29.7 Å². The third-order valence-electron chi connectivity index (χ3n) is 3.59. The molecule has 0 atom stereocenters. The standard InChI is InChI=1S/C19H32N4O3/c1-14(2)19(23-17-6-5-15(3)13-21-17)16(4)22-18(24)7-9-25-11-12-26-10-8-20/h5-6,13-14H,7-12,20H2,1-4H3,(H,21,23)(H,22,24)/b19-16-. The molecule has 0 aromatic carbocycles. The Hall–Kier alpha value is -1.96. The van der Waals surface area contributed by atoms with Crippen LogP contribution in [0.1, 0.15) is 32.8 Å². The molecule has 0 aliphatic rings. The number of carbonyl (C=O) groups is 1. The molecule has 1 aromatic heterocycles. The van der Waals surface area contributed by atoms with Gasteiger partial charge < -0.3 is 25.8 Å². The molecule has 1 heterocycles. The predicted molar refractivity (Wildman–Crippen MR) is 104 cm³/mol. The summed E-state index contributed by atoms with van der Waals surface area (Å²) in [4.78, 5) is 16.5. The second kappa shape index (κ2) is 12.4. The lowest BCUT2D eigenvalue weighted by Gasteiger charge is -2.18. The first kappa shape index (κ1) is 22.1. The molecule has 26 heavy (non-hydrogen) atoms. The maximum absolute atomic E-state index is 12.1. The summed E-state index contributed by atoms with van der Waals surface area (Å²) in [5.41, 5.74) is 8.15. The average Bonchev–Trinajstić information content (AvgIpc) is 2.60. The van der Waals surface area contributed by atoms with E-state index in [1.165, 1.54) is 0 Å². The van der Waals surface area contributed by atoms with E-state index >= 15 is 0 Å². The van der Waals surface area contributed by atoms with E-state index in [0.717, 1.165) is 22.8 Å². The van der Waals surface area contributed by atoms with Gasteiger partial charge in [0, 0.05) is 24.1 Å². The fraction of sp³-hybridized carbons (Fsp3) is 0.579. The molecular weight excluding hydrogens is 332 g/mol. The summed E-state index contributed by atoms with van der Waals surface area (Å²) in [5.74, 6) is 0.894. The summed E-state index contributed by atoms with van der Waals surface area (Å²) in [6.45, 7) is 10.3. The van der Waals surface area contributed by atoms with Gasteiger partial charge in [-0.05, 0) is 31.4 Å². The number of hydrogen-bond donors (Lipinski definition) is 3. The quantitative estimate of drug-likeness (QED) is 0.492. The van der Waals surface area contributed by atoms with Crippen LogP contribution in [-0.4, -0.2) is 43.9 Å². The first-order chi connectivity index (χ1) is 12.4. The molecule has 0 spiro atoms. The van der Waals surface area contributed by atoms with Crippen LogP contribution >= 0.6 is 0 Å². The minimum Gasteiger partial charge on any atom is -0.379 e. The smallest absolute Gasteiger partial charge is 0.226 e. The SMILES string of the molecule is C/C(NC(=O)CCOCCOCCN)=C(/Nc1ccc(C)cn1)C(C)C. The molecule has 0 fully saturated rings. The molecule has 7 nitrogen and oxygen atoms in total. The van der Waals surface area contributed by atoms with Gasteiger partial charge in [-0.25, -0.2) is 4.98 Å². The summed E-state index contributed by atoms with van der Waals surface area (Å²) >= 11 is 0. The summed E-state index contributed by atoms with van der Waals surface area (Å²) in [5, 5.41) is 6.23. The van der Waals surface area contributed by atoms with Crippen molar-refractivity contribution in [3.8, 4) is 0 Å². The molecule has 0 aliphatic carbocycles. The Morgan fingerprint density at radius 2 is 1.88 bits per heavy atom. The molecule has 0 unspecified atom stereocenters. The lowest BCUT2D eigenvalue weighted by atomic mass is 10.1. The van der Waals surface area contributed by atoms with Crippen LogP contribution in [0.2, 0.25) is 0 Å². The third-order valence-corrected chi connectivity index (χ3v) is 3.59. The maximum Gasteiger partial charge on any atom is 0.226 e. The Labute approximate surface area is 156 Å². The molecule has 0 radical (unpaired) electrons. The molecule has 4 N–H and O–H groups in total. The number of aromatic nitrogens is 1. The lowest BCUT2D eigenvalue weighted by molar-refractivity contribution is -0.121. The van der Waals surface area contributed by atoms with Crippen LogP contribution in [0.3, 0.4) is 0 Å². The lowest BCUT2D eigenvalue weighted by Crippen LogP contribution is -2.26. The Bertz CT molecular complexity index is 571. The number of anilines is 1. The van der Waals surface area contributed by atoms with Gasteiger partial charge in [0.1, 0.15) is 5.82 Å². The normalized spacial score (nSPS) is 12.1. The molecule has 1 amide bonds. The highest BCUT2D eigenvalue weighted by atomic mass is 16.5. The van der Waals surface area contributed by atoms with Crippen LogP contribution in [0.4, 0.5) is 5.82 Å². The molecule has 7 heteroatoms. The van der Waals surface area contributed by atoms with E-state index < -0.39 is 0 Å². The van der Waals surface area contributed by atoms with Crippen molar-refractivity contribution in [1.29, 1.82) is 0 Å². The van der Waals surface area contributed by atoms with E-state index in [2.05, 4.69) is 29.5 Å². The summed E-state index contributed by atoms with van der Waals surface area (Å²) in [7, 11) is 0. The van der Waals surface area contributed by atoms with Crippen LogP contribution in [-0.2, 0) is 14.3 Å². The zero-order valence-electron chi connectivity index (χ0n) is 16.3. The van der Waals surface area contributed by atoms with Gasteiger partial charge in [-0.2, -0.15) is 0 Å². The van der Waals surface area contributed by atoms with Crippen LogP contribution in [0.5, 0.6) is 0 Å². The number of aryl methyl sites for hydroxylation is 1. The van der Waals surface area contributed by atoms with Crippen molar-refractivity contribution in [3.63, 3.8) is 0 Å². The molecule has 146 valence electrons. The van der Waals surface area contributed by atoms with Gasteiger partial charge >= 0.3 is 0 Å². The summed E-state index contributed by atoms with van der Waals surface area (Å²) in [6, 6.07) is 3.92. The van der Waals surface area contributed by atoms with Gasteiger partial charge in [-0.3, -0.25) is 4.79 Å². The first-order valence-corrected chi connectivity index (χ1v) is 9.00. The number of amides is 1. The fourth-order valence-corrected chi connectivity index (χ4v) is 2.26. The highest BCUT2D eigenvalue weighted by molar-refractivity contribution is 5.78. The third kappa shape index (κ3) is 8.94. The number of pyridine rings is 1. The largest absolute Gasteiger partial charge is 0.379 e. The Morgan fingerprint density at radius 3 is 2.46 bits per heavy atom. The summed E-state index contributed by atoms with van der Waals surface area (Å²) < 4.78 is 10.6. The number of nitrogens with one attached hydrogen (secondary N) is 2. The van der Waals surface area contributed by atoms with Gasteiger partial charge in [0.2, 0.25) is 5.91 Å². The predicted octanol–water partition coefficient (Wildman–Crippen LogP) is 2.19. The monoisotopic (exact) mass is 364 g/mol. The Morgan fingerprint density at radius 1 is 1.19 bits per heavy atom. The molecule has 1 rings (SSSR count). The molecule has 0 saturated heterocycles. The van der Waals surface area contributed by atoms with E-state index in [4.69, 9.17) is 15.2 Å². The topological polar surface area (TPSA) is 98.5 Å². The van der Waals surface area contributed by atoms with Crippen molar-refractivity contribution in [1.82, 2.24) is 10.3 Å². The van der Waals surface area contributed by atoms with Gasteiger partial charge in [-0.15, -0.1) is 0 Å². The molecular formula is C19H32N4O3. The van der Waals surface area contributed by atoms with E-state index in [0.29, 0.717) is 39.4 Å². The highest BCUT2D eigenvalue weighted by Crippen LogP contribution is 2.16. The van der Waals surface area contributed by atoms with Crippen LogP contribution < -0.4 is 16.4 Å². The van der Waals surface area contributed by atoms with Gasteiger partial charge in [0.25, 0.3) is 0 Å². The minimum atomic E-state index is -0.0813. The number of carbonyl (C=O) groups excluding carboxylic acids is 1.